The van der Waals surface area contributed by atoms with E-state index in [-0.39, 0.29) is 0 Å². The van der Waals surface area contributed by atoms with Gasteiger partial charge in [0, 0.05) is 24.9 Å². The van der Waals surface area contributed by atoms with Crippen molar-refractivity contribution in [2.75, 3.05) is 5.43 Å². The molecule has 6 nitrogen and oxygen atoms in total. The molecule has 0 saturated heterocycles. The van der Waals surface area contributed by atoms with Gasteiger partial charge in [-0.15, -0.1) is 11.3 Å². The number of rotatable bonds is 3. The van der Waals surface area contributed by atoms with Gasteiger partial charge >= 0.3 is 0 Å². The number of aryl methyl sites for hydroxylation is 2. The van der Waals surface area contributed by atoms with Crippen molar-refractivity contribution in [3.05, 3.63) is 35.5 Å². The van der Waals surface area contributed by atoms with E-state index >= 15 is 0 Å². The Labute approximate surface area is 120 Å². The fraction of sp³-hybridized carbons (Fsp3) is 0.154. The number of hydrogen-bond donors (Lipinski definition) is 2. The Balaban J connectivity index is 2.15. The molecular weight excluding hydrogens is 272 g/mol. The van der Waals surface area contributed by atoms with Gasteiger partial charge in [-0.1, -0.05) is 0 Å². The molecule has 3 rings (SSSR count). The maximum Gasteiger partial charge on any atom is 0.172 e. The lowest BCUT2D eigenvalue weighted by molar-refractivity contribution is 0.768. The van der Waals surface area contributed by atoms with Crippen molar-refractivity contribution in [1.29, 1.82) is 0 Å². The van der Waals surface area contributed by atoms with Crippen LogP contribution in [0.1, 0.15) is 5.56 Å². The number of anilines is 1. The average molecular weight is 286 g/mol. The summed E-state index contributed by atoms with van der Waals surface area (Å²) < 4.78 is 1.74. The lowest BCUT2D eigenvalue weighted by atomic mass is 10.2. The fourth-order valence-corrected chi connectivity index (χ4v) is 2.78. The largest absolute Gasteiger partial charge is 0.308 e. The van der Waals surface area contributed by atoms with Gasteiger partial charge in [-0.05, 0) is 23.9 Å². The van der Waals surface area contributed by atoms with Gasteiger partial charge in [0.05, 0.1) is 16.8 Å². The Bertz CT molecular complexity index is 745. The molecular formula is C13H14N6S. The summed E-state index contributed by atoms with van der Waals surface area (Å²) >= 11 is 1.62. The average Bonchev–Trinajstić information content (AvgIpc) is 3.07. The molecule has 0 aliphatic rings. The molecule has 0 radical (unpaired) electrons. The van der Waals surface area contributed by atoms with Crippen LogP contribution in [0.5, 0.6) is 0 Å². The zero-order valence-corrected chi connectivity index (χ0v) is 12.0. The van der Waals surface area contributed by atoms with Crippen LogP contribution in [-0.4, -0.2) is 19.7 Å². The first-order valence-electron chi connectivity index (χ1n) is 6.06. The molecule has 7 heteroatoms. The lowest BCUT2D eigenvalue weighted by Gasteiger charge is -2.06. The van der Waals surface area contributed by atoms with Gasteiger partial charge in [-0.2, -0.15) is 5.10 Å². The second-order valence-corrected chi connectivity index (χ2v) is 5.36. The number of aromatic nitrogens is 4. The van der Waals surface area contributed by atoms with Gasteiger partial charge in [-0.25, -0.2) is 15.8 Å². The van der Waals surface area contributed by atoms with E-state index in [0.29, 0.717) is 11.6 Å². The van der Waals surface area contributed by atoms with Crippen LogP contribution in [0.3, 0.4) is 0 Å². The van der Waals surface area contributed by atoms with Crippen LogP contribution in [0, 0.1) is 6.92 Å². The highest BCUT2D eigenvalue weighted by molar-refractivity contribution is 7.13. The zero-order valence-electron chi connectivity index (χ0n) is 11.2. The van der Waals surface area contributed by atoms with E-state index in [1.807, 2.05) is 31.6 Å². The summed E-state index contributed by atoms with van der Waals surface area (Å²) in [6.45, 7) is 2.04. The number of hydrazine groups is 1. The molecule has 0 aliphatic carbocycles. The van der Waals surface area contributed by atoms with E-state index < -0.39 is 0 Å². The number of nitrogens with one attached hydrogen (secondary N) is 1. The summed E-state index contributed by atoms with van der Waals surface area (Å²) in [4.78, 5) is 10.1. The third-order valence-electron chi connectivity index (χ3n) is 2.94. The van der Waals surface area contributed by atoms with Crippen LogP contribution in [0.4, 0.5) is 5.82 Å². The predicted molar refractivity (Wildman–Crippen MR) is 80.1 cm³/mol. The van der Waals surface area contributed by atoms with Gasteiger partial charge < -0.3 is 5.43 Å². The summed E-state index contributed by atoms with van der Waals surface area (Å²) in [5.74, 6) is 6.76. The maximum atomic E-state index is 5.50. The van der Waals surface area contributed by atoms with E-state index in [4.69, 9.17) is 5.84 Å². The van der Waals surface area contributed by atoms with Gasteiger partial charge in [0.1, 0.15) is 5.82 Å². The molecule has 0 fully saturated rings. The highest BCUT2D eigenvalue weighted by atomic mass is 32.1. The number of hydrogen-bond acceptors (Lipinski definition) is 6. The molecule has 3 N–H and O–H groups in total. The third kappa shape index (κ3) is 2.28. The highest BCUT2D eigenvalue weighted by Gasteiger charge is 2.12. The first-order valence-corrected chi connectivity index (χ1v) is 6.94. The standard InChI is InChI=1S/C13H14N6S/c1-8-3-4-20-12(8)13-16-10(5-11(17-13)18-14)9-6-15-19(2)7-9/h3-7H,14H2,1-2H3,(H,16,17,18). The molecule has 0 unspecified atom stereocenters. The molecule has 102 valence electrons. The van der Waals surface area contributed by atoms with Crippen LogP contribution in [0.15, 0.2) is 29.9 Å². The molecule has 0 amide bonds. The van der Waals surface area contributed by atoms with E-state index in [0.717, 1.165) is 21.7 Å². The minimum Gasteiger partial charge on any atom is -0.308 e. The Morgan fingerprint density at radius 1 is 1.35 bits per heavy atom. The topological polar surface area (TPSA) is 81.6 Å². The highest BCUT2D eigenvalue weighted by Crippen LogP contribution is 2.29. The molecule has 3 aromatic rings. The molecule has 20 heavy (non-hydrogen) atoms. The van der Waals surface area contributed by atoms with Gasteiger partial charge in [0.25, 0.3) is 0 Å². The summed E-state index contributed by atoms with van der Waals surface area (Å²) in [6.07, 6.45) is 3.68. The van der Waals surface area contributed by atoms with Crippen molar-refractivity contribution in [3.63, 3.8) is 0 Å². The molecule has 0 aliphatic heterocycles. The van der Waals surface area contributed by atoms with Crippen LogP contribution < -0.4 is 11.3 Å². The fourth-order valence-electron chi connectivity index (χ4n) is 1.93. The smallest absolute Gasteiger partial charge is 0.172 e. The maximum absolute atomic E-state index is 5.50. The lowest BCUT2D eigenvalue weighted by Crippen LogP contribution is -2.09. The van der Waals surface area contributed by atoms with Gasteiger partial charge in [-0.3, -0.25) is 4.68 Å². The number of thiophene rings is 1. The molecule has 0 saturated carbocycles. The SMILES string of the molecule is Cc1ccsc1-c1nc(NN)cc(-c2cnn(C)c2)n1. The molecule has 0 bridgehead atoms. The summed E-state index contributed by atoms with van der Waals surface area (Å²) in [5.41, 5.74) is 5.47. The van der Waals surface area contributed by atoms with Crippen molar-refractivity contribution in [2.24, 2.45) is 12.9 Å². The van der Waals surface area contributed by atoms with E-state index in [2.05, 4.69) is 26.6 Å². The molecule has 0 atom stereocenters. The summed E-state index contributed by atoms with van der Waals surface area (Å²) in [5, 5.41) is 6.19. The minimum atomic E-state index is 0.585. The van der Waals surface area contributed by atoms with Crippen molar-refractivity contribution in [2.45, 2.75) is 6.92 Å². The Morgan fingerprint density at radius 3 is 2.80 bits per heavy atom. The van der Waals surface area contributed by atoms with Crippen LogP contribution in [-0.2, 0) is 7.05 Å². The number of nitrogens with zero attached hydrogens (tertiary/aromatic N) is 4. The monoisotopic (exact) mass is 286 g/mol. The normalized spacial score (nSPS) is 10.8. The second kappa shape index (κ2) is 5.03. The zero-order chi connectivity index (χ0) is 14.1. The first-order chi connectivity index (χ1) is 9.67. The summed E-state index contributed by atoms with van der Waals surface area (Å²) in [6, 6.07) is 3.86. The van der Waals surface area contributed by atoms with Crippen molar-refractivity contribution < 1.29 is 0 Å². The van der Waals surface area contributed by atoms with Gasteiger partial charge in [0.2, 0.25) is 0 Å². The van der Waals surface area contributed by atoms with Crippen molar-refractivity contribution >= 4 is 17.2 Å². The minimum absolute atomic E-state index is 0.585. The van der Waals surface area contributed by atoms with Crippen LogP contribution in [0.2, 0.25) is 0 Å². The van der Waals surface area contributed by atoms with E-state index in [1.54, 1.807) is 22.2 Å². The Morgan fingerprint density at radius 2 is 2.20 bits per heavy atom. The molecule has 3 heterocycles. The van der Waals surface area contributed by atoms with E-state index in [9.17, 15) is 0 Å². The Hall–Kier alpha value is -2.25. The number of nitrogens with two attached hydrogens (primary N) is 1. The molecule has 3 aromatic heterocycles. The van der Waals surface area contributed by atoms with Gasteiger partial charge in [0.15, 0.2) is 5.82 Å². The first kappa shape index (κ1) is 12.8. The molecule has 0 spiro atoms. The van der Waals surface area contributed by atoms with E-state index in [1.165, 1.54) is 0 Å². The summed E-state index contributed by atoms with van der Waals surface area (Å²) in [7, 11) is 1.87. The van der Waals surface area contributed by atoms with Crippen LogP contribution >= 0.6 is 11.3 Å². The third-order valence-corrected chi connectivity index (χ3v) is 3.95. The Kier molecular flexibility index (Phi) is 3.21. The van der Waals surface area contributed by atoms with Crippen LogP contribution in [0.25, 0.3) is 22.0 Å². The quantitative estimate of drug-likeness (QED) is 0.570. The molecule has 0 aromatic carbocycles. The number of nitrogen functional groups attached to an aromatic ring is 1. The predicted octanol–water partition coefficient (Wildman–Crippen LogP) is 2.20. The van der Waals surface area contributed by atoms with Crippen molar-refractivity contribution in [3.8, 4) is 22.0 Å². The van der Waals surface area contributed by atoms with Crippen molar-refractivity contribution in [1.82, 2.24) is 19.7 Å². The second-order valence-electron chi connectivity index (χ2n) is 4.44.